The minimum Gasteiger partial charge on any atom is -0.390 e. The first kappa shape index (κ1) is 7.92. The topological polar surface area (TPSA) is 20.2 Å². The average Bonchev–Trinajstić information content (AvgIpc) is 1.56. The molecule has 1 aliphatic rings. The van der Waals surface area contributed by atoms with Crippen LogP contribution in [0.25, 0.3) is 0 Å². The Morgan fingerprint density at radius 1 is 1.30 bits per heavy atom. The largest absolute Gasteiger partial charge is 0.390 e. The molecule has 0 aromatic rings. The molecule has 0 aromatic carbocycles. The van der Waals surface area contributed by atoms with Crippen LogP contribution in [0.5, 0.6) is 0 Å². The van der Waals surface area contributed by atoms with E-state index in [0.717, 1.165) is 0 Å². The SMILES string of the molecule is [CH2]C1(O)CCCC(F)(F)C1. The maximum absolute atomic E-state index is 12.5. The second-order valence-corrected chi connectivity index (χ2v) is 3.11. The average molecular weight is 149 g/mol. The van der Waals surface area contributed by atoms with E-state index in [0.29, 0.717) is 12.8 Å². The molecule has 0 saturated heterocycles. The van der Waals surface area contributed by atoms with Crippen molar-refractivity contribution in [1.29, 1.82) is 0 Å². The first-order valence-corrected chi connectivity index (χ1v) is 3.37. The van der Waals surface area contributed by atoms with Gasteiger partial charge in [-0.2, -0.15) is 0 Å². The summed E-state index contributed by atoms with van der Waals surface area (Å²) < 4.78 is 25.0. The Bertz CT molecular complexity index is 118. The summed E-state index contributed by atoms with van der Waals surface area (Å²) in [5, 5.41) is 9.12. The number of rotatable bonds is 0. The molecule has 0 aliphatic heterocycles. The molecule has 0 bridgehead atoms. The summed E-state index contributed by atoms with van der Waals surface area (Å²) in [7, 11) is 0. The zero-order chi connectivity index (χ0) is 7.83. The molecule has 1 rings (SSSR count). The molecule has 1 atom stereocenters. The first-order valence-electron chi connectivity index (χ1n) is 3.37. The fourth-order valence-corrected chi connectivity index (χ4v) is 1.33. The summed E-state index contributed by atoms with van der Waals surface area (Å²) in [6.45, 7) is 3.30. The summed E-state index contributed by atoms with van der Waals surface area (Å²) in [6.07, 6.45) is 0.167. The number of hydrogen-bond donors (Lipinski definition) is 1. The van der Waals surface area contributed by atoms with E-state index in [2.05, 4.69) is 6.92 Å². The molecular formula is C7H11F2O. The number of halogens is 2. The quantitative estimate of drug-likeness (QED) is 0.556. The van der Waals surface area contributed by atoms with Gasteiger partial charge >= 0.3 is 0 Å². The van der Waals surface area contributed by atoms with Crippen LogP contribution in [0.2, 0.25) is 0 Å². The van der Waals surface area contributed by atoms with Gasteiger partial charge in [-0.25, -0.2) is 8.78 Å². The normalized spacial score (nSPS) is 39.6. The molecule has 3 heteroatoms. The van der Waals surface area contributed by atoms with Crippen LogP contribution in [0.15, 0.2) is 0 Å². The number of aliphatic hydroxyl groups is 1. The number of alkyl halides is 2. The summed E-state index contributed by atoms with van der Waals surface area (Å²) >= 11 is 0. The van der Waals surface area contributed by atoms with Crippen molar-refractivity contribution in [2.75, 3.05) is 0 Å². The van der Waals surface area contributed by atoms with E-state index in [1.165, 1.54) is 0 Å². The van der Waals surface area contributed by atoms with Crippen molar-refractivity contribution >= 4 is 0 Å². The van der Waals surface area contributed by atoms with Gasteiger partial charge in [-0.1, -0.05) is 0 Å². The molecule has 1 fully saturated rings. The molecule has 59 valence electrons. The van der Waals surface area contributed by atoms with E-state index in [-0.39, 0.29) is 6.42 Å². The molecule has 0 amide bonds. The smallest absolute Gasteiger partial charge is 0.250 e. The second kappa shape index (κ2) is 2.16. The van der Waals surface area contributed by atoms with Crippen LogP contribution in [-0.4, -0.2) is 16.6 Å². The lowest BCUT2D eigenvalue weighted by Crippen LogP contribution is -2.38. The maximum Gasteiger partial charge on any atom is 0.250 e. The lowest BCUT2D eigenvalue weighted by atomic mass is 9.84. The molecule has 0 heterocycles. The van der Waals surface area contributed by atoms with E-state index in [9.17, 15) is 8.78 Å². The molecule has 1 unspecified atom stereocenters. The fraction of sp³-hybridized carbons (Fsp3) is 0.857. The fourth-order valence-electron chi connectivity index (χ4n) is 1.33. The van der Waals surface area contributed by atoms with E-state index in [4.69, 9.17) is 5.11 Å². The Labute approximate surface area is 59.0 Å². The van der Waals surface area contributed by atoms with Gasteiger partial charge in [0.05, 0.1) is 5.60 Å². The Hall–Kier alpha value is -0.180. The van der Waals surface area contributed by atoms with Gasteiger partial charge < -0.3 is 5.11 Å². The molecule has 10 heavy (non-hydrogen) atoms. The van der Waals surface area contributed by atoms with E-state index < -0.39 is 17.9 Å². The van der Waals surface area contributed by atoms with Crippen molar-refractivity contribution in [3.05, 3.63) is 6.92 Å². The molecular weight excluding hydrogens is 138 g/mol. The van der Waals surface area contributed by atoms with E-state index in [1.807, 2.05) is 0 Å². The van der Waals surface area contributed by atoms with Gasteiger partial charge in [0.15, 0.2) is 0 Å². The van der Waals surface area contributed by atoms with E-state index in [1.54, 1.807) is 0 Å². The van der Waals surface area contributed by atoms with Crippen LogP contribution in [0.4, 0.5) is 8.78 Å². The highest BCUT2D eigenvalue weighted by molar-refractivity contribution is 4.91. The minimum atomic E-state index is -2.70. The Balaban J connectivity index is 2.56. The van der Waals surface area contributed by atoms with Crippen molar-refractivity contribution < 1.29 is 13.9 Å². The molecule has 1 N–H and O–H groups in total. The zero-order valence-electron chi connectivity index (χ0n) is 5.74. The summed E-state index contributed by atoms with van der Waals surface area (Å²) in [6, 6.07) is 0. The third-order valence-electron chi connectivity index (χ3n) is 1.77. The van der Waals surface area contributed by atoms with Crippen molar-refractivity contribution in [3.63, 3.8) is 0 Å². The van der Waals surface area contributed by atoms with Crippen LogP contribution in [0, 0.1) is 6.92 Å². The van der Waals surface area contributed by atoms with Gasteiger partial charge in [-0.05, 0) is 19.8 Å². The molecule has 1 saturated carbocycles. The van der Waals surface area contributed by atoms with Crippen LogP contribution in [0.1, 0.15) is 25.7 Å². The molecule has 1 aliphatic carbocycles. The summed E-state index contributed by atoms with van der Waals surface area (Å²) in [5.41, 5.74) is -1.39. The lowest BCUT2D eigenvalue weighted by molar-refractivity contribution is -0.105. The Morgan fingerprint density at radius 2 is 1.90 bits per heavy atom. The Kier molecular flexibility index (Phi) is 1.71. The summed E-state index contributed by atoms with van der Waals surface area (Å²) in [5.74, 6) is -2.70. The van der Waals surface area contributed by atoms with Crippen molar-refractivity contribution in [2.45, 2.75) is 37.2 Å². The molecule has 1 nitrogen and oxygen atoms in total. The van der Waals surface area contributed by atoms with Crippen LogP contribution in [-0.2, 0) is 0 Å². The summed E-state index contributed by atoms with van der Waals surface area (Å²) in [4.78, 5) is 0. The van der Waals surface area contributed by atoms with Crippen LogP contribution in [0.3, 0.4) is 0 Å². The van der Waals surface area contributed by atoms with Gasteiger partial charge in [0.1, 0.15) is 0 Å². The van der Waals surface area contributed by atoms with Gasteiger partial charge in [-0.3, -0.25) is 0 Å². The second-order valence-electron chi connectivity index (χ2n) is 3.11. The van der Waals surface area contributed by atoms with Gasteiger partial charge in [0.2, 0.25) is 0 Å². The van der Waals surface area contributed by atoms with Crippen molar-refractivity contribution in [1.82, 2.24) is 0 Å². The minimum absolute atomic E-state index is 0.106. The third kappa shape index (κ3) is 1.90. The van der Waals surface area contributed by atoms with Crippen molar-refractivity contribution in [2.24, 2.45) is 0 Å². The van der Waals surface area contributed by atoms with Crippen LogP contribution >= 0.6 is 0 Å². The molecule has 0 spiro atoms. The van der Waals surface area contributed by atoms with Gasteiger partial charge in [-0.15, -0.1) is 0 Å². The standard InChI is InChI=1S/C7H11F2O/c1-6(10)3-2-4-7(8,9)5-6/h10H,1-5H2. The molecule has 0 aromatic heterocycles. The van der Waals surface area contributed by atoms with Gasteiger partial charge in [0, 0.05) is 12.8 Å². The van der Waals surface area contributed by atoms with Gasteiger partial charge in [0.25, 0.3) is 5.92 Å². The lowest BCUT2D eigenvalue weighted by Gasteiger charge is -2.33. The van der Waals surface area contributed by atoms with E-state index >= 15 is 0 Å². The highest BCUT2D eigenvalue weighted by Gasteiger charge is 2.41. The third-order valence-corrected chi connectivity index (χ3v) is 1.77. The highest BCUT2D eigenvalue weighted by atomic mass is 19.3. The molecule has 1 radical (unpaired) electrons. The maximum atomic E-state index is 12.5. The number of hydrogen-bond acceptors (Lipinski definition) is 1. The Morgan fingerprint density at radius 3 is 2.20 bits per heavy atom. The zero-order valence-corrected chi connectivity index (χ0v) is 5.74. The predicted molar refractivity (Wildman–Crippen MR) is 33.7 cm³/mol. The predicted octanol–water partition coefficient (Wildman–Crippen LogP) is 1.76. The highest BCUT2D eigenvalue weighted by Crippen LogP contribution is 2.38. The van der Waals surface area contributed by atoms with Crippen molar-refractivity contribution in [3.8, 4) is 0 Å². The monoisotopic (exact) mass is 149 g/mol. The van der Waals surface area contributed by atoms with Crippen LogP contribution < -0.4 is 0 Å². The first-order chi connectivity index (χ1) is 4.41.